The Bertz CT molecular complexity index is 483. The van der Waals surface area contributed by atoms with Gasteiger partial charge in [0.05, 0.1) is 11.6 Å². The van der Waals surface area contributed by atoms with Gasteiger partial charge in [0.15, 0.2) is 5.11 Å². The first kappa shape index (κ1) is 14.5. The van der Waals surface area contributed by atoms with E-state index < -0.39 is 0 Å². The first-order chi connectivity index (χ1) is 8.27. The number of nitrogens with two attached hydrogens (primary N) is 1. The van der Waals surface area contributed by atoms with Crippen molar-refractivity contribution in [3.63, 3.8) is 0 Å². The molecule has 0 aliphatic rings. The molecule has 96 valence electrons. The van der Waals surface area contributed by atoms with Crippen LogP contribution in [0.15, 0.2) is 24.3 Å². The lowest BCUT2D eigenvalue weighted by molar-refractivity contribution is 0.340. The van der Waals surface area contributed by atoms with Crippen molar-refractivity contribution in [2.45, 2.75) is 33.7 Å². The highest BCUT2D eigenvalue weighted by Crippen LogP contribution is 2.28. The quantitative estimate of drug-likeness (QED) is 0.831. The van der Waals surface area contributed by atoms with Crippen molar-refractivity contribution in [3.05, 3.63) is 29.8 Å². The van der Waals surface area contributed by atoms with Crippen LogP contribution in [0.5, 0.6) is 0 Å². The van der Waals surface area contributed by atoms with E-state index in [9.17, 15) is 0 Å². The van der Waals surface area contributed by atoms with E-state index in [0.717, 1.165) is 5.69 Å². The molecule has 0 radical (unpaired) electrons. The highest BCUT2D eigenvalue weighted by atomic mass is 32.1. The molecule has 0 aromatic heterocycles. The predicted molar refractivity (Wildman–Crippen MR) is 79.3 cm³/mol. The first-order valence-electron chi connectivity index (χ1n) is 5.86. The number of nitriles is 1. The summed E-state index contributed by atoms with van der Waals surface area (Å²) in [4.78, 5) is 1.90. The summed E-state index contributed by atoms with van der Waals surface area (Å²) in [5, 5.41) is 9.27. The summed E-state index contributed by atoms with van der Waals surface area (Å²) >= 11 is 5.14. The van der Waals surface area contributed by atoms with E-state index in [0.29, 0.717) is 10.7 Å². The number of rotatable bonds is 2. The summed E-state index contributed by atoms with van der Waals surface area (Å²) < 4.78 is 0. The minimum Gasteiger partial charge on any atom is -0.376 e. The molecule has 0 saturated carbocycles. The zero-order valence-electron chi connectivity index (χ0n) is 11.3. The van der Waals surface area contributed by atoms with Gasteiger partial charge in [-0.25, -0.2) is 0 Å². The predicted octanol–water partition coefficient (Wildman–Crippen LogP) is 3.04. The number of nitrogens with zero attached hydrogens (tertiary/aromatic N) is 2. The second kappa shape index (κ2) is 5.36. The second-order valence-electron chi connectivity index (χ2n) is 5.41. The van der Waals surface area contributed by atoms with Gasteiger partial charge in [-0.1, -0.05) is 26.8 Å². The van der Waals surface area contributed by atoms with Gasteiger partial charge < -0.3 is 10.6 Å². The number of hydrogen-bond donors (Lipinski definition) is 1. The normalized spacial score (nSPS) is 12.6. The van der Waals surface area contributed by atoms with Gasteiger partial charge in [-0.05, 0) is 42.8 Å². The van der Waals surface area contributed by atoms with Gasteiger partial charge in [0.1, 0.15) is 0 Å². The van der Waals surface area contributed by atoms with E-state index in [1.165, 1.54) is 0 Å². The molecule has 4 heteroatoms. The topological polar surface area (TPSA) is 53.0 Å². The van der Waals surface area contributed by atoms with E-state index in [2.05, 4.69) is 33.8 Å². The van der Waals surface area contributed by atoms with Crippen molar-refractivity contribution in [3.8, 4) is 6.07 Å². The largest absolute Gasteiger partial charge is 0.376 e. The Balaban J connectivity index is 3.21. The summed E-state index contributed by atoms with van der Waals surface area (Å²) in [6.07, 6.45) is 0. The van der Waals surface area contributed by atoms with Crippen LogP contribution in [0.25, 0.3) is 0 Å². The van der Waals surface area contributed by atoms with Gasteiger partial charge in [0, 0.05) is 11.7 Å². The first-order valence-corrected chi connectivity index (χ1v) is 6.27. The maximum Gasteiger partial charge on any atom is 0.171 e. The van der Waals surface area contributed by atoms with Gasteiger partial charge in [-0.15, -0.1) is 0 Å². The van der Waals surface area contributed by atoms with Crippen LogP contribution in [-0.4, -0.2) is 11.2 Å². The Labute approximate surface area is 114 Å². The Morgan fingerprint density at radius 2 is 2.06 bits per heavy atom. The third kappa shape index (κ3) is 3.21. The molecule has 1 atom stereocenters. The minimum atomic E-state index is 0.0338. The Hall–Kier alpha value is -1.60. The Morgan fingerprint density at radius 1 is 1.44 bits per heavy atom. The molecule has 0 aliphatic carbocycles. The maximum atomic E-state index is 8.95. The standard InChI is InChI=1S/C14H19N3S/c1-10(14(2,3)4)17(13(16)18)12-7-5-6-11(8-12)9-15/h5-8,10H,1-4H3,(H2,16,18). The molecular formula is C14H19N3S. The van der Waals surface area contributed by atoms with Crippen molar-refractivity contribution in [1.29, 1.82) is 5.26 Å². The fourth-order valence-corrected chi connectivity index (χ4v) is 1.92. The van der Waals surface area contributed by atoms with Crippen LogP contribution < -0.4 is 10.6 Å². The molecule has 1 unspecified atom stereocenters. The van der Waals surface area contributed by atoms with Gasteiger partial charge in [0.25, 0.3) is 0 Å². The van der Waals surface area contributed by atoms with Crippen LogP contribution in [-0.2, 0) is 0 Å². The lowest BCUT2D eigenvalue weighted by Gasteiger charge is -2.38. The van der Waals surface area contributed by atoms with Gasteiger partial charge in [-0.3, -0.25) is 0 Å². The number of benzene rings is 1. The summed E-state index contributed by atoms with van der Waals surface area (Å²) in [6.45, 7) is 8.49. The zero-order chi connectivity index (χ0) is 13.9. The van der Waals surface area contributed by atoms with Crippen LogP contribution in [0.4, 0.5) is 5.69 Å². The monoisotopic (exact) mass is 261 g/mol. The molecular weight excluding hydrogens is 242 g/mol. The van der Waals surface area contributed by atoms with Crippen molar-refractivity contribution in [1.82, 2.24) is 0 Å². The maximum absolute atomic E-state index is 8.95. The van der Waals surface area contributed by atoms with Gasteiger partial charge in [0.2, 0.25) is 0 Å². The molecule has 18 heavy (non-hydrogen) atoms. The molecule has 2 N–H and O–H groups in total. The van der Waals surface area contributed by atoms with Crippen molar-refractivity contribution in [2.24, 2.45) is 11.1 Å². The lowest BCUT2D eigenvalue weighted by atomic mass is 9.86. The van der Waals surface area contributed by atoms with Crippen molar-refractivity contribution in [2.75, 3.05) is 4.90 Å². The van der Waals surface area contributed by atoms with Crippen LogP contribution in [0, 0.1) is 16.7 Å². The smallest absolute Gasteiger partial charge is 0.171 e. The van der Waals surface area contributed by atoms with Gasteiger partial charge >= 0.3 is 0 Å². The fourth-order valence-electron chi connectivity index (χ4n) is 1.65. The van der Waals surface area contributed by atoms with E-state index >= 15 is 0 Å². The van der Waals surface area contributed by atoms with E-state index in [-0.39, 0.29) is 11.5 Å². The molecule has 1 rings (SSSR count). The molecule has 3 nitrogen and oxygen atoms in total. The average Bonchev–Trinajstić information content (AvgIpc) is 2.27. The van der Waals surface area contributed by atoms with Crippen LogP contribution in [0.2, 0.25) is 0 Å². The molecule has 1 aromatic rings. The Morgan fingerprint density at radius 3 is 2.50 bits per heavy atom. The number of hydrogen-bond acceptors (Lipinski definition) is 2. The minimum absolute atomic E-state index is 0.0338. The summed E-state index contributed by atoms with van der Waals surface area (Å²) in [5.41, 5.74) is 7.34. The molecule has 0 bridgehead atoms. The number of anilines is 1. The molecule has 0 fully saturated rings. The van der Waals surface area contributed by atoms with Gasteiger partial charge in [-0.2, -0.15) is 5.26 Å². The second-order valence-corrected chi connectivity index (χ2v) is 5.83. The zero-order valence-corrected chi connectivity index (χ0v) is 12.1. The third-order valence-electron chi connectivity index (χ3n) is 3.13. The highest BCUT2D eigenvalue weighted by Gasteiger charge is 2.28. The third-order valence-corrected chi connectivity index (χ3v) is 3.33. The van der Waals surface area contributed by atoms with Crippen LogP contribution in [0.1, 0.15) is 33.3 Å². The lowest BCUT2D eigenvalue weighted by Crippen LogP contribution is -2.48. The highest BCUT2D eigenvalue weighted by molar-refractivity contribution is 7.80. The number of thiocarbonyl (C=S) groups is 1. The van der Waals surface area contributed by atoms with Crippen LogP contribution in [0.3, 0.4) is 0 Å². The average molecular weight is 261 g/mol. The molecule has 0 amide bonds. The molecule has 0 spiro atoms. The van der Waals surface area contributed by atoms with E-state index in [4.69, 9.17) is 23.2 Å². The molecule has 0 aliphatic heterocycles. The SMILES string of the molecule is CC(N(C(N)=S)c1cccc(C#N)c1)C(C)(C)C. The summed E-state index contributed by atoms with van der Waals surface area (Å²) in [7, 11) is 0. The molecule has 0 heterocycles. The molecule has 0 saturated heterocycles. The van der Waals surface area contributed by atoms with Crippen LogP contribution >= 0.6 is 12.2 Å². The fraction of sp³-hybridized carbons (Fsp3) is 0.429. The summed E-state index contributed by atoms with van der Waals surface area (Å²) in [5.74, 6) is 0. The summed E-state index contributed by atoms with van der Waals surface area (Å²) in [6, 6.07) is 9.61. The van der Waals surface area contributed by atoms with E-state index in [1.54, 1.807) is 12.1 Å². The van der Waals surface area contributed by atoms with E-state index in [1.807, 2.05) is 17.0 Å². The van der Waals surface area contributed by atoms with Crippen molar-refractivity contribution >= 4 is 23.0 Å². The van der Waals surface area contributed by atoms with Crippen molar-refractivity contribution < 1.29 is 0 Å². The molecule has 1 aromatic carbocycles. The Kier molecular flexibility index (Phi) is 4.31.